The molecule has 0 radical (unpaired) electrons. The number of esters is 3. The second kappa shape index (κ2) is 48.8. The fourth-order valence-electron chi connectivity index (χ4n) is 7.79. The van der Waals surface area contributed by atoms with Crippen molar-refractivity contribution in [2.45, 2.75) is 297 Å². The minimum Gasteiger partial charge on any atom is -0.462 e. The van der Waals surface area contributed by atoms with Crippen molar-refractivity contribution >= 4 is 17.9 Å². The molecule has 0 aliphatic carbocycles. The van der Waals surface area contributed by atoms with Gasteiger partial charge in [-0.3, -0.25) is 14.4 Å². The minimum absolute atomic E-state index is 0.0680. The summed E-state index contributed by atoms with van der Waals surface area (Å²) in [5.41, 5.74) is 0. The molecule has 0 N–H and O–H groups in total. The van der Waals surface area contributed by atoms with Crippen molar-refractivity contribution in [2.75, 3.05) is 13.2 Å². The number of ether oxygens (including phenoxy) is 3. The van der Waals surface area contributed by atoms with Crippen LogP contribution in [0.4, 0.5) is 0 Å². The zero-order valence-corrected chi connectivity index (χ0v) is 39.8. The molecule has 0 amide bonds. The Morgan fingerprint density at radius 1 is 0.322 bits per heavy atom. The van der Waals surface area contributed by atoms with Crippen LogP contribution in [0.2, 0.25) is 0 Å². The van der Waals surface area contributed by atoms with Gasteiger partial charge in [0, 0.05) is 19.3 Å². The predicted molar refractivity (Wildman–Crippen MR) is 252 cm³/mol. The summed E-state index contributed by atoms with van der Waals surface area (Å²) < 4.78 is 16.8. The van der Waals surface area contributed by atoms with Gasteiger partial charge in [0.2, 0.25) is 0 Å². The zero-order chi connectivity index (χ0) is 43.0. The molecule has 0 aromatic carbocycles. The lowest BCUT2D eigenvalue weighted by Gasteiger charge is -2.18. The van der Waals surface area contributed by atoms with Gasteiger partial charge in [0.25, 0.3) is 0 Å². The van der Waals surface area contributed by atoms with Crippen molar-refractivity contribution in [2.24, 2.45) is 0 Å². The fraction of sp³-hybridized carbons (Fsp3) is 0.906. The standard InChI is InChI=1S/C53H100O6/c1-4-7-10-13-16-19-22-25-26-29-31-34-37-40-43-46-52(55)58-49-50(59-53(56)47-44-41-38-35-32-28-24-21-18-15-12-9-6-3)48-57-51(54)45-42-39-36-33-30-27-23-20-17-14-11-8-5-2/h21,24,50H,4-20,22-23,25-49H2,1-3H3/b24-21-/t50-/m0/s1. The maximum Gasteiger partial charge on any atom is 0.306 e. The molecule has 0 saturated carbocycles. The molecule has 0 aliphatic rings. The molecule has 6 nitrogen and oxygen atoms in total. The molecule has 0 saturated heterocycles. The zero-order valence-electron chi connectivity index (χ0n) is 39.8. The number of hydrogen-bond acceptors (Lipinski definition) is 6. The number of unbranched alkanes of at least 4 members (excludes halogenated alkanes) is 35. The molecule has 0 bridgehead atoms. The molecule has 0 aliphatic heterocycles. The summed E-state index contributed by atoms with van der Waals surface area (Å²) in [6.45, 7) is 6.65. The Kier molecular flexibility index (Phi) is 47.3. The maximum atomic E-state index is 12.8. The molecule has 59 heavy (non-hydrogen) atoms. The lowest BCUT2D eigenvalue weighted by atomic mass is 10.0. The van der Waals surface area contributed by atoms with Crippen LogP contribution in [0.15, 0.2) is 12.2 Å². The largest absolute Gasteiger partial charge is 0.462 e. The summed E-state index contributed by atoms with van der Waals surface area (Å²) in [6, 6.07) is 0. The normalized spacial score (nSPS) is 12.0. The van der Waals surface area contributed by atoms with Gasteiger partial charge in [-0.15, -0.1) is 0 Å². The smallest absolute Gasteiger partial charge is 0.306 e. The number of rotatable bonds is 48. The van der Waals surface area contributed by atoms with E-state index in [1.54, 1.807) is 0 Å². The van der Waals surface area contributed by atoms with E-state index in [9.17, 15) is 14.4 Å². The predicted octanol–water partition coefficient (Wildman–Crippen LogP) is 17.0. The van der Waals surface area contributed by atoms with Crippen molar-refractivity contribution in [3.63, 3.8) is 0 Å². The Labute approximate surface area is 367 Å². The average Bonchev–Trinajstić information content (AvgIpc) is 3.23. The molecule has 6 heteroatoms. The average molecular weight is 833 g/mol. The van der Waals surface area contributed by atoms with Crippen LogP contribution in [0.3, 0.4) is 0 Å². The van der Waals surface area contributed by atoms with E-state index in [1.807, 2.05) is 0 Å². The molecule has 0 aromatic rings. The summed E-state index contributed by atoms with van der Waals surface area (Å²) in [5, 5.41) is 0. The van der Waals surface area contributed by atoms with E-state index in [0.717, 1.165) is 64.2 Å². The first-order valence-corrected chi connectivity index (χ1v) is 26.2. The van der Waals surface area contributed by atoms with E-state index >= 15 is 0 Å². The van der Waals surface area contributed by atoms with Crippen LogP contribution in [0.1, 0.15) is 290 Å². The van der Waals surface area contributed by atoms with Gasteiger partial charge >= 0.3 is 17.9 Å². The minimum atomic E-state index is -0.767. The van der Waals surface area contributed by atoms with Crippen LogP contribution in [0.25, 0.3) is 0 Å². The molecule has 0 fully saturated rings. The highest BCUT2D eigenvalue weighted by molar-refractivity contribution is 5.71. The van der Waals surface area contributed by atoms with Crippen molar-refractivity contribution < 1.29 is 28.6 Å². The molecule has 1 atom stereocenters. The number of carbonyl (C=O) groups is 3. The third-order valence-electron chi connectivity index (χ3n) is 11.8. The second-order valence-electron chi connectivity index (χ2n) is 17.8. The van der Waals surface area contributed by atoms with Gasteiger partial charge in [-0.25, -0.2) is 0 Å². The van der Waals surface area contributed by atoms with Crippen molar-refractivity contribution in [1.29, 1.82) is 0 Å². The number of carbonyl (C=O) groups excluding carboxylic acids is 3. The first kappa shape index (κ1) is 57.1. The van der Waals surface area contributed by atoms with Crippen molar-refractivity contribution in [1.82, 2.24) is 0 Å². The van der Waals surface area contributed by atoms with Gasteiger partial charge in [0.15, 0.2) is 6.10 Å². The van der Waals surface area contributed by atoms with Gasteiger partial charge < -0.3 is 14.2 Å². The van der Waals surface area contributed by atoms with E-state index in [0.29, 0.717) is 19.3 Å². The van der Waals surface area contributed by atoms with Crippen molar-refractivity contribution in [3.8, 4) is 0 Å². The van der Waals surface area contributed by atoms with E-state index in [4.69, 9.17) is 14.2 Å². The molecule has 0 spiro atoms. The van der Waals surface area contributed by atoms with Crippen LogP contribution in [-0.2, 0) is 28.6 Å². The maximum absolute atomic E-state index is 12.8. The monoisotopic (exact) mass is 833 g/mol. The Morgan fingerprint density at radius 2 is 0.559 bits per heavy atom. The first-order chi connectivity index (χ1) is 29.0. The van der Waals surface area contributed by atoms with Crippen LogP contribution in [-0.4, -0.2) is 37.2 Å². The van der Waals surface area contributed by atoms with Crippen LogP contribution in [0, 0.1) is 0 Å². The highest BCUT2D eigenvalue weighted by atomic mass is 16.6. The van der Waals surface area contributed by atoms with E-state index in [-0.39, 0.29) is 31.1 Å². The Bertz CT molecular complexity index is 916. The number of hydrogen-bond donors (Lipinski definition) is 0. The molecule has 0 rings (SSSR count). The van der Waals surface area contributed by atoms with E-state index in [1.165, 1.54) is 186 Å². The Balaban J connectivity index is 4.33. The molecule has 0 aromatic heterocycles. The van der Waals surface area contributed by atoms with Crippen LogP contribution in [0.5, 0.6) is 0 Å². The van der Waals surface area contributed by atoms with Crippen LogP contribution < -0.4 is 0 Å². The topological polar surface area (TPSA) is 78.9 Å². The first-order valence-electron chi connectivity index (χ1n) is 26.2. The van der Waals surface area contributed by atoms with Gasteiger partial charge in [-0.2, -0.15) is 0 Å². The summed E-state index contributed by atoms with van der Waals surface area (Å²) in [7, 11) is 0. The molecule has 0 unspecified atom stereocenters. The quantitative estimate of drug-likeness (QED) is 0.0263. The van der Waals surface area contributed by atoms with E-state index < -0.39 is 6.10 Å². The molecular weight excluding hydrogens is 733 g/mol. The third-order valence-corrected chi connectivity index (χ3v) is 11.8. The van der Waals surface area contributed by atoms with Gasteiger partial charge in [0.05, 0.1) is 0 Å². The van der Waals surface area contributed by atoms with Gasteiger partial charge in [-0.05, 0) is 44.9 Å². The summed E-state index contributed by atoms with van der Waals surface area (Å²) in [5.74, 6) is -0.859. The van der Waals surface area contributed by atoms with Gasteiger partial charge in [-0.1, -0.05) is 238 Å². The number of allylic oxidation sites excluding steroid dienone is 2. The highest BCUT2D eigenvalue weighted by Crippen LogP contribution is 2.16. The molecular formula is C53H100O6. The fourth-order valence-corrected chi connectivity index (χ4v) is 7.79. The second-order valence-corrected chi connectivity index (χ2v) is 17.8. The molecule has 348 valence electrons. The Morgan fingerprint density at radius 3 is 0.864 bits per heavy atom. The Hall–Kier alpha value is -1.85. The van der Waals surface area contributed by atoms with Crippen LogP contribution >= 0.6 is 0 Å². The lowest BCUT2D eigenvalue weighted by molar-refractivity contribution is -0.167. The van der Waals surface area contributed by atoms with E-state index in [2.05, 4.69) is 32.9 Å². The highest BCUT2D eigenvalue weighted by Gasteiger charge is 2.19. The molecule has 0 heterocycles. The van der Waals surface area contributed by atoms with Gasteiger partial charge in [0.1, 0.15) is 13.2 Å². The summed E-state index contributed by atoms with van der Waals surface area (Å²) >= 11 is 0. The summed E-state index contributed by atoms with van der Waals surface area (Å²) in [4.78, 5) is 37.9. The van der Waals surface area contributed by atoms with Crippen molar-refractivity contribution in [3.05, 3.63) is 12.2 Å². The lowest BCUT2D eigenvalue weighted by Crippen LogP contribution is -2.30. The third kappa shape index (κ3) is 47.1. The SMILES string of the molecule is CCCCCC/C=C\CCCCCCCC(=O)O[C@@H](COC(=O)CCCCCCCCCCCCCCC)COC(=O)CCCCCCCCCCCCCCCCC. The summed E-state index contributed by atoms with van der Waals surface area (Å²) in [6.07, 6.45) is 53.3.